The van der Waals surface area contributed by atoms with E-state index >= 15 is 0 Å². The van der Waals surface area contributed by atoms with Gasteiger partial charge in [0.2, 0.25) is 0 Å². The number of hydrazine groups is 1. The highest BCUT2D eigenvalue weighted by molar-refractivity contribution is 9.10. The summed E-state index contributed by atoms with van der Waals surface area (Å²) in [6.07, 6.45) is 0. The van der Waals surface area contributed by atoms with Gasteiger partial charge in [-0.05, 0) is 43.2 Å². The standard InChI is InChI=1S/C16H19BrN2O/c1-3-20-13-6-4-5-12(10-13)16(19-18)14-9-11(2)7-8-15(14)17/h4-10,16,19H,3,18H2,1-2H3. The van der Waals surface area contributed by atoms with Crippen molar-refractivity contribution in [3.05, 3.63) is 63.6 Å². The van der Waals surface area contributed by atoms with Crippen LogP contribution in [-0.4, -0.2) is 6.61 Å². The lowest BCUT2D eigenvalue weighted by atomic mass is 9.98. The van der Waals surface area contributed by atoms with Crippen LogP contribution in [0, 0.1) is 6.92 Å². The fraction of sp³-hybridized carbons (Fsp3) is 0.250. The molecule has 2 aromatic carbocycles. The highest BCUT2D eigenvalue weighted by atomic mass is 79.9. The van der Waals surface area contributed by atoms with E-state index < -0.39 is 0 Å². The van der Waals surface area contributed by atoms with E-state index in [4.69, 9.17) is 10.6 Å². The lowest BCUT2D eigenvalue weighted by Gasteiger charge is -2.19. The maximum atomic E-state index is 5.77. The van der Waals surface area contributed by atoms with E-state index in [-0.39, 0.29) is 6.04 Å². The zero-order valence-corrected chi connectivity index (χ0v) is 13.3. The Morgan fingerprint density at radius 2 is 2.05 bits per heavy atom. The number of aryl methyl sites for hydroxylation is 1. The van der Waals surface area contributed by atoms with Gasteiger partial charge in [-0.15, -0.1) is 0 Å². The third kappa shape index (κ3) is 3.39. The zero-order chi connectivity index (χ0) is 14.5. The molecule has 0 saturated heterocycles. The molecule has 0 aromatic heterocycles. The predicted octanol–water partition coefficient (Wildman–Crippen LogP) is 3.71. The Balaban J connectivity index is 2.41. The van der Waals surface area contributed by atoms with Crippen LogP contribution in [0.5, 0.6) is 5.75 Å². The van der Waals surface area contributed by atoms with E-state index in [1.807, 2.05) is 37.3 Å². The maximum absolute atomic E-state index is 5.77. The van der Waals surface area contributed by atoms with Crippen molar-refractivity contribution in [3.63, 3.8) is 0 Å². The lowest BCUT2D eigenvalue weighted by Crippen LogP contribution is -2.29. The summed E-state index contributed by atoms with van der Waals surface area (Å²) in [4.78, 5) is 0. The summed E-state index contributed by atoms with van der Waals surface area (Å²) in [5.74, 6) is 6.62. The quantitative estimate of drug-likeness (QED) is 0.647. The molecule has 0 fully saturated rings. The molecule has 0 amide bonds. The van der Waals surface area contributed by atoms with Gasteiger partial charge in [0.1, 0.15) is 5.75 Å². The Hall–Kier alpha value is -1.36. The van der Waals surface area contributed by atoms with Crippen LogP contribution in [0.1, 0.15) is 29.7 Å². The van der Waals surface area contributed by atoms with Crippen LogP contribution in [-0.2, 0) is 0 Å². The minimum Gasteiger partial charge on any atom is -0.494 e. The molecule has 4 heteroatoms. The molecule has 0 bridgehead atoms. The van der Waals surface area contributed by atoms with Crippen molar-refractivity contribution < 1.29 is 4.74 Å². The lowest BCUT2D eigenvalue weighted by molar-refractivity contribution is 0.339. The molecular weight excluding hydrogens is 316 g/mol. The van der Waals surface area contributed by atoms with Gasteiger partial charge in [0.05, 0.1) is 12.6 Å². The van der Waals surface area contributed by atoms with Gasteiger partial charge < -0.3 is 4.74 Å². The van der Waals surface area contributed by atoms with E-state index in [0.29, 0.717) is 6.61 Å². The van der Waals surface area contributed by atoms with Gasteiger partial charge in [-0.3, -0.25) is 5.84 Å². The van der Waals surface area contributed by atoms with Crippen LogP contribution in [0.4, 0.5) is 0 Å². The van der Waals surface area contributed by atoms with Crippen molar-refractivity contribution in [3.8, 4) is 5.75 Å². The Morgan fingerprint density at radius 1 is 1.25 bits per heavy atom. The minimum absolute atomic E-state index is 0.0790. The number of hydrogen-bond donors (Lipinski definition) is 2. The van der Waals surface area contributed by atoms with Gasteiger partial charge in [-0.25, -0.2) is 5.43 Å². The van der Waals surface area contributed by atoms with E-state index in [9.17, 15) is 0 Å². The van der Waals surface area contributed by atoms with Gasteiger partial charge in [0, 0.05) is 4.47 Å². The third-order valence-corrected chi connectivity index (χ3v) is 3.85. The van der Waals surface area contributed by atoms with Gasteiger partial charge in [0.15, 0.2) is 0 Å². The number of nitrogens with one attached hydrogen (secondary N) is 1. The van der Waals surface area contributed by atoms with Crippen LogP contribution in [0.3, 0.4) is 0 Å². The van der Waals surface area contributed by atoms with E-state index in [1.165, 1.54) is 5.56 Å². The number of rotatable bonds is 5. The SMILES string of the molecule is CCOc1cccc(C(NN)c2cc(C)ccc2Br)c1. The second kappa shape index (κ2) is 6.88. The van der Waals surface area contributed by atoms with Crippen LogP contribution < -0.4 is 16.0 Å². The molecule has 0 aliphatic rings. The number of nitrogens with two attached hydrogens (primary N) is 1. The normalized spacial score (nSPS) is 12.2. The summed E-state index contributed by atoms with van der Waals surface area (Å²) >= 11 is 3.59. The minimum atomic E-state index is -0.0790. The molecule has 0 aliphatic heterocycles. The zero-order valence-electron chi connectivity index (χ0n) is 11.7. The van der Waals surface area contributed by atoms with Crippen LogP contribution in [0.2, 0.25) is 0 Å². The Kier molecular flexibility index (Phi) is 5.17. The molecule has 1 atom stereocenters. The van der Waals surface area contributed by atoms with Crippen LogP contribution in [0.15, 0.2) is 46.9 Å². The van der Waals surface area contributed by atoms with Gasteiger partial charge in [0.25, 0.3) is 0 Å². The highest BCUT2D eigenvalue weighted by Gasteiger charge is 2.16. The van der Waals surface area contributed by atoms with Crippen molar-refractivity contribution in [1.29, 1.82) is 0 Å². The summed E-state index contributed by atoms with van der Waals surface area (Å²) in [6.45, 7) is 4.70. The van der Waals surface area contributed by atoms with Crippen molar-refractivity contribution in [2.45, 2.75) is 19.9 Å². The first-order valence-corrected chi connectivity index (χ1v) is 7.40. The Bertz CT molecular complexity index is 586. The van der Waals surface area contributed by atoms with E-state index in [1.54, 1.807) is 0 Å². The first-order chi connectivity index (χ1) is 9.65. The van der Waals surface area contributed by atoms with Crippen LogP contribution >= 0.6 is 15.9 Å². The fourth-order valence-corrected chi connectivity index (χ4v) is 2.68. The number of benzene rings is 2. The molecule has 0 radical (unpaired) electrons. The van der Waals surface area contributed by atoms with Gasteiger partial charge in [-0.1, -0.05) is 45.8 Å². The summed E-state index contributed by atoms with van der Waals surface area (Å²) < 4.78 is 6.59. The Labute approximate surface area is 128 Å². The molecule has 1 unspecified atom stereocenters. The summed E-state index contributed by atoms with van der Waals surface area (Å²) in [7, 11) is 0. The molecule has 2 rings (SSSR count). The topological polar surface area (TPSA) is 47.3 Å². The number of ether oxygens (including phenoxy) is 1. The predicted molar refractivity (Wildman–Crippen MR) is 85.7 cm³/mol. The van der Waals surface area contributed by atoms with Crippen LogP contribution in [0.25, 0.3) is 0 Å². The average molecular weight is 335 g/mol. The molecule has 3 N–H and O–H groups in total. The van der Waals surface area contributed by atoms with Gasteiger partial charge in [-0.2, -0.15) is 0 Å². The summed E-state index contributed by atoms with van der Waals surface area (Å²) in [5.41, 5.74) is 6.27. The number of hydrogen-bond acceptors (Lipinski definition) is 3. The maximum Gasteiger partial charge on any atom is 0.119 e. The first kappa shape index (κ1) is 15.0. The molecular formula is C16H19BrN2O. The number of halogens is 1. The highest BCUT2D eigenvalue weighted by Crippen LogP contribution is 2.30. The molecule has 0 spiro atoms. The molecule has 0 saturated carbocycles. The smallest absolute Gasteiger partial charge is 0.119 e. The fourth-order valence-electron chi connectivity index (χ4n) is 2.20. The molecule has 0 aliphatic carbocycles. The molecule has 0 heterocycles. The second-order valence-corrected chi connectivity index (χ2v) is 5.48. The summed E-state index contributed by atoms with van der Waals surface area (Å²) in [6, 6.07) is 14.1. The Morgan fingerprint density at radius 3 is 2.75 bits per heavy atom. The molecule has 106 valence electrons. The van der Waals surface area contributed by atoms with Gasteiger partial charge >= 0.3 is 0 Å². The summed E-state index contributed by atoms with van der Waals surface area (Å²) in [5, 5.41) is 0. The van der Waals surface area contributed by atoms with E-state index in [2.05, 4.69) is 40.4 Å². The average Bonchev–Trinajstić information content (AvgIpc) is 2.44. The van der Waals surface area contributed by atoms with Crippen molar-refractivity contribution in [2.75, 3.05) is 6.61 Å². The van der Waals surface area contributed by atoms with Crippen molar-refractivity contribution in [1.82, 2.24) is 5.43 Å². The van der Waals surface area contributed by atoms with Crippen molar-refractivity contribution >= 4 is 15.9 Å². The molecule has 2 aromatic rings. The third-order valence-electron chi connectivity index (χ3n) is 3.13. The largest absolute Gasteiger partial charge is 0.494 e. The second-order valence-electron chi connectivity index (χ2n) is 4.63. The molecule has 3 nitrogen and oxygen atoms in total. The first-order valence-electron chi connectivity index (χ1n) is 6.60. The molecule has 20 heavy (non-hydrogen) atoms. The monoisotopic (exact) mass is 334 g/mol. The van der Waals surface area contributed by atoms with E-state index in [0.717, 1.165) is 21.3 Å². The van der Waals surface area contributed by atoms with Crippen molar-refractivity contribution in [2.24, 2.45) is 5.84 Å².